The maximum absolute atomic E-state index is 12.5. The molecule has 0 bridgehead atoms. The molecule has 2 aromatic rings. The normalized spacial score (nSPS) is 16.7. The molecule has 108 valence electrons. The van der Waals surface area contributed by atoms with Crippen LogP contribution >= 0.6 is 0 Å². The molecule has 0 N–H and O–H groups in total. The van der Waals surface area contributed by atoms with Crippen molar-refractivity contribution in [1.82, 2.24) is 0 Å². The van der Waals surface area contributed by atoms with Crippen LogP contribution in [-0.4, -0.2) is 19.5 Å². The fourth-order valence-electron chi connectivity index (χ4n) is 2.77. The highest BCUT2D eigenvalue weighted by Gasteiger charge is 2.24. The highest BCUT2D eigenvalue weighted by atomic mass is 16.5. The number of ketones is 1. The van der Waals surface area contributed by atoms with Gasteiger partial charge in [-0.1, -0.05) is 30.3 Å². The third-order valence-electron chi connectivity index (χ3n) is 3.91. The first-order chi connectivity index (χ1) is 10.3. The standard InChI is InChI=1S/C18H18O3/c1-20-15-6-4-5-14(11-15)17(19)12-13-9-10-21-18-8-3-2-7-16(13)18/h2-8,11,13H,9-10,12H2,1H3. The summed E-state index contributed by atoms with van der Waals surface area (Å²) in [5.74, 6) is 2.00. The molecule has 0 spiro atoms. The molecule has 0 aliphatic carbocycles. The minimum absolute atomic E-state index is 0.149. The van der Waals surface area contributed by atoms with Gasteiger partial charge in [0, 0.05) is 12.0 Å². The van der Waals surface area contributed by atoms with E-state index >= 15 is 0 Å². The third kappa shape index (κ3) is 2.92. The molecule has 0 radical (unpaired) electrons. The number of methoxy groups -OCH3 is 1. The van der Waals surface area contributed by atoms with Gasteiger partial charge in [-0.2, -0.15) is 0 Å². The summed E-state index contributed by atoms with van der Waals surface area (Å²) in [7, 11) is 1.61. The quantitative estimate of drug-likeness (QED) is 0.799. The van der Waals surface area contributed by atoms with E-state index in [0.29, 0.717) is 24.3 Å². The average molecular weight is 282 g/mol. The third-order valence-corrected chi connectivity index (χ3v) is 3.91. The second-order valence-corrected chi connectivity index (χ2v) is 5.23. The smallest absolute Gasteiger partial charge is 0.163 e. The number of ether oxygens (including phenoxy) is 2. The van der Waals surface area contributed by atoms with Crippen LogP contribution in [0.25, 0.3) is 0 Å². The van der Waals surface area contributed by atoms with Crippen molar-refractivity contribution in [2.75, 3.05) is 13.7 Å². The fraction of sp³-hybridized carbons (Fsp3) is 0.278. The second-order valence-electron chi connectivity index (χ2n) is 5.23. The Bertz CT molecular complexity index is 648. The van der Waals surface area contributed by atoms with Crippen molar-refractivity contribution in [3.63, 3.8) is 0 Å². The zero-order valence-electron chi connectivity index (χ0n) is 12.0. The summed E-state index contributed by atoms with van der Waals surface area (Å²) >= 11 is 0. The SMILES string of the molecule is COc1cccc(C(=O)CC2CCOc3ccccc32)c1. The van der Waals surface area contributed by atoms with Crippen molar-refractivity contribution in [2.24, 2.45) is 0 Å². The lowest BCUT2D eigenvalue weighted by atomic mass is 9.87. The molecule has 3 rings (SSSR count). The van der Waals surface area contributed by atoms with Gasteiger partial charge in [-0.15, -0.1) is 0 Å². The first-order valence-electron chi connectivity index (χ1n) is 7.17. The largest absolute Gasteiger partial charge is 0.497 e. The Kier molecular flexibility index (Phi) is 3.91. The van der Waals surface area contributed by atoms with Crippen LogP contribution in [0.4, 0.5) is 0 Å². The molecule has 1 aliphatic heterocycles. The number of para-hydroxylation sites is 1. The number of rotatable bonds is 4. The minimum atomic E-state index is 0.149. The van der Waals surface area contributed by atoms with Crippen LogP contribution in [0.2, 0.25) is 0 Å². The molecule has 1 aliphatic rings. The van der Waals surface area contributed by atoms with Crippen molar-refractivity contribution >= 4 is 5.78 Å². The Morgan fingerprint density at radius 2 is 2.10 bits per heavy atom. The molecular formula is C18H18O3. The van der Waals surface area contributed by atoms with Crippen molar-refractivity contribution in [3.05, 3.63) is 59.7 Å². The van der Waals surface area contributed by atoms with Gasteiger partial charge in [-0.3, -0.25) is 4.79 Å². The van der Waals surface area contributed by atoms with Crippen LogP contribution in [0.1, 0.15) is 34.7 Å². The Labute approximate surface area is 124 Å². The minimum Gasteiger partial charge on any atom is -0.497 e. The van der Waals surface area contributed by atoms with Gasteiger partial charge in [0.2, 0.25) is 0 Å². The lowest BCUT2D eigenvalue weighted by molar-refractivity contribution is 0.0965. The van der Waals surface area contributed by atoms with Gasteiger partial charge in [-0.05, 0) is 36.1 Å². The summed E-state index contributed by atoms with van der Waals surface area (Å²) in [5, 5.41) is 0. The summed E-state index contributed by atoms with van der Waals surface area (Å²) < 4.78 is 10.8. The van der Waals surface area contributed by atoms with Gasteiger partial charge in [-0.25, -0.2) is 0 Å². The molecular weight excluding hydrogens is 264 g/mol. The van der Waals surface area contributed by atoms with Gasteiger partial charge < -0.3 is 9.47 Å². The van der Waals surface area contributed by atoms with E-state index in [-0.39, 0.29) is 11.7 Å². The number of hydrogen-bond donors (Lipinski definition) is 0. The number of hydrogen-bond acceptors (Lipinski definition) is 3. The molecule has 0 saturated heterocycles. The monoisotopic (exact) mass is 282 g/mol. The molecule has 1 atom stereocenters. The Balaban J connectivity index is 1.79. The molecule has 3 heteroatoms. The highest BCUT2D eigenvalue weighted by molar-refractivity contribution is 5.97. The first-order valence-corrected chi connectivity index (χ1v) is 7.17. The molecule has 0 amide bonds. The van der Waals surface area contributed by atoms with Crippen LogP contribution < -0.4 is 9.47 Å². The van der Waals surface area contributed by atoms with E-state index in [1.165, 1.54) is 0 Å². The lowest BCUT2D eigenvalue weighted by Gasteiger charge is -2.25. The Morgan fingerprint density at radius 1 is 1.24 bits per heavy atom. The van der Waals surface area contributed by atoms with E-state index in [4.69, 9.17) is 9.47 Å². The first kappa shape index (κ1) is 13.7. The van der Waals surface area contributed by atoms with Crippen molar-refractivity contribution < 1.29 is 14.3 Å². The van der Waals surface area contributed by atoms with Crippen molar-refractivity contribution in [1.29, 1.82) is 0 Å². The fourth-order valence-corrected chi connectivity index (χ4v) is 2.77. The number of benzene rings is 2. The summed E-state index contributed by atoms with van der Waals surface area (Å²) in [4.78, 5) is 12.5. The maximum Gasteiger partial charge on any atom is 0.163 e. The maximum atomic E-state index is 12.5. The summed E-state index contributed by atoms with van der Waals surface area (Å²) in [6.45, 7) is 0.674. The molecule has 3 nitrogen and oxygen atoms in total. The van der Waals surface area contributed by atoms with Crippen LogP contribution in [0, 0.1) is 0 Å². The molecule has 1 unspecified atom stereocenters. The number of fused-ring (bicyclic) bond motifs is 1. The van der Waals surface area contributed by atoms with Crippen LogP contribution in [0.15, 0.2) is 48.5 Å². The molecule has 0 aromatic heterocycles. The van der Waals surface area contributed by atoms with Gasteiger partial charge in [0.25, 0.3) is 0 Å². The van der Waals surface area contributed by atoms with Gasteiger partial charge in [0.1, 0.15) is 11.5 Å². The number of Topliss-reactive ketones (excluding diaryl/α,β-unsaturated/α-hetero) is 1. The predicted octanol–water partition coefficient (Wildman–Crippen LogP) is 3.83. The van der Waals surface area contributed by atoms with E-state index in [2.05, 4.69) is 6.07 Å². The Hall–Kier alpha value is -2.29. The number of carbonyl (C=O) groups excluding carboxylic acids is 1. The highest BCUT2D eigenvalue weighted by Crippen LogP contribution is 2.36. The van der Waals surface area contributed by atoms with E-state index in [1.807, 2.05) is 36.4 Å². The zero-order valence-corrected chi connectivity index (χ0v) is 12.0. The number of carbonyl (C=O) groups is 1. The van der Waals surface area contributed by atoms with Crippen LogP contribution in [-0.2, 0) is 0 Å². The van der Waals surface area contributed by atoms with Crippen LogP contribution in [0.5, 0.6) is 11.5 Å². The zero-order chi connectivity index (χ0) is 14.7. The van der Waals surface area contributed by atoms with E-state index in [0.717, 1.165) is 17.7 Å². The van der Waals surface area contributed by atoms with E-state index in [1.54, 1.807) is 13.2 Å². The van der Waals surface area contributed by atoms with Gasteiger partial charge in [0.05, 0.1) is 13.7 Å². The lowest BCUT2D eigenvalue weighted by Crippen LogP contribution is -2.17. The van der Waals surface area contributed by atoms with Gasteiger partial charge >= 0.3 is 0 Å². The van der Waals surface area contributed by atoms with E-state index in [9.17, 15) is 4.79 Å². The predicted molar refractivity (Wildman–Crippen MR) is 81.2 cm³/mol. The second kappa shape index (κ2) is 6.00. The topological polar surface area (TPSA) is 35.5 Å². The van der Waals surface area contributed by atoms with Gasteiger partial charge in [0.15, 0.2) is 5.78 Å². The molecule has 21 heavy (non-hydrogen) atoms. The van der Waals surface area contributed by atoms with E-state index < -0.39 is 0 Å². The van der Waals surface area contributed by atoms with Crippen molar-refractivity contribution in [2.45, 2.75) is 18.8 Å². The van der Waals surface area contributed by atoms with Crippen LogP contribution in [0.3, 0.4) is 0 Å². The Morgan fingerprint density at radius 3 is 2.95 bits per heavy atom. The molecule has 2 aromatic carbocycles. The summed E-state index contributed by atoms with van der Waals surface area (Å²) in [5.41, 5.74) is 1.85. The molecule has 1 heterocycles. The molecule has 0 saturated carbocycles. The average Bonchev–Trinajstić information content (AvgIpc) is 2.55. The molecule has 0 fully saturated rings. The summed E-state index contributed by atoms with van der Waals surface area (Å²) in [6.07, 6.45) is 1.39. The summed E-state index contributed by atoms with van der Waals surface area (Å²) in [6, 6.07) is 15.3. The van der Waals surface area contributed by atoms with Crippen molar-refractivity contribution in [3.8, 4) is 11.5 Å².